The highest BCUT2D eigenvalue weighted by Gasteiger charge is 2.14. The van der Waals surface area contributed by atoms with E-state index in [9.17, 15) is 4.79 Å². The molecule has 1 aliphatic heterocycles. The highest BCUT2D eigenvalue weighted by molar-refractivity contribution is 5.85. The fraction of sp³-hybridized carbons (Fsp3) is 0.500. The molecule has 0 aliphatic carbocycles. The van der Waals surface area contributed by atoms with E-state index >= 15 is 0 Å². The van der Waals surface area contributed by atoms with Crippen molar-refractivity contribution in [3.63, 3.8) is 0 Å². The van der Waals surface area contributed by atoms with E-state index in [4.69, 9.17) is 0 Å². The molecule has 1 saturated heterocycles. The lowest BCUT2D eigenvalue weighted by Crippen LogP contribution is -2.47. The second-order valence-electron chi connectivity index (χ2n) is 4.66. The number of carbonyl (C=O) groups is 1. The van der Waals surface area contributed by atoms with Gasteiger partial charge in [-0.15, -0.1) is 12.4 Å². The molecule has 0 unspecified atom stereocenters. The summed E-state index contributed by atoms with van der Waals surface area (Å²) < 4.78 is 0. The molecule has 0 saturated carbocycles. The summed E-state index contributed by atoms with van der Waals surface area (Å²) in [5, 5.41) is 9.20. The van der Waals surface area contributed by atoms with Crippen LogP contribution in [0.5, 0.6) is 0 Å². The summed E-state index contributed by atoms with van der Waals surface area (Å²) in [6.07, 6.45) is 2.92. The van der Waals surface area contributed by atoms with Crippen LogP contribution in [0.3, 0.4) is 0 Å². The molecule has 1 aromatic rings. The predicted molar refractivity (Wildman–Crippen MR) is 79.8 cm³/mol. The molecule has 0 radical (unpaired) electrons. The third kappa shape index (κ3) is 5.94. The van der Waals surface area contributed by atoms with Crippen LogP contribution in [0.25, 0.3) is 0 Å². The fourth-order valence-corrected chi connectivity index (χ4v) is 2.17. The van der Waals surface area contributed by atoms with Gasteiger partial charge in [0.15, 0.2) is 0 Å². The molecule has 0 bridgehead atoms. The second-order valence-corrected chi connectivity index (χ2v) is 4.66. The van der Waals surface area contributed by atoms with Gasteiger partial charge in [0, 0.05) is 12.6 Å². The highest BCUT2D eigenvalue weighted by atomic mass is 35.5. The molecule has 5 heteroatoms. The van der Waals surface area contributed by atoms with E-state index in [1.807, 2.05) is 18.2 Å². The average Bonchev–Trinajstić information content (AvgIpc) is 2.41. The lowest BCUT2D eigenvalue weighted by molar-refractivity contribution is 0.233. The van der Waals surface area contributed by atoms with Crippen LogP contribution in [0.4, 0.5) is 4.79 Å². The number of amides is 2. The number of urea groups is 1. The van der Waals surface area contributed by atoms with E-state index in [1.54, 1.807) is 0 Å². The van der Waals surface area contributed by atoms with Gasteiger partial charge in [-0.3, -0.25) is 0 Å². The van der Waals surface area contributed by atoms with Gasteiger partial charge in [0.1, 0.15) is 0 Å². The molecule has 0 atom stereocenters. The molecule has 4 nitrogen and oxygen atoms in total. The molecule has 1 heterocycles. The monoisotopic (exact) mass is 283 g/mol. The molecule has 3 N–H and O–H groups in total. The van der Waals surface area contributed by atoms with Gasteiger partial charge in [-0.25, -0.2) is 4.79 Å². The molecular weight excluding hydrogens is 262 g/mol. The predicted octanol–water partition coefficient (Wildman–Crippen LogP) is 1.70. The Balaban J connectivity index is 0.00000180. The Morgan fingerprint density at radius 3 is 2.58 bits per heavy atom. The summed E-state index contributed by atoms with van der Waals surface area (Å²) in [5.41, 5.74) is 1.25. The first kappa shape index (κ1) is 15.8. The van der Waals surface area contributed by atoms with Crippen LogP contribution in [0.15, 0.2) is 30.3 Å². The van der Waals surface area contributed by atoms with Gasteiger partial charge < -0.3 is 16.0 Å². The van der Waals surface area contributed by atoms with Gasteiger partial charge in [-0.05, 0) is 37.9 Å². The molecule has 0 spiro atoms. The maximum absolute atomic E-state index is 11.7. The first-order valence-corrected chi connectivity index (χ1v) is 6.63. The Hall–Kier alpha value is -1.26. The molecule has 1 fully saturated rings. The second kappa shape index (κ2) is 8.77. The summed E-state index contributed by atoms with van der Waals surface area (Å²) in [6, 6.07) is 10.5. The summed E-state index contributed by atoms with van der Waals surface area (Å²) in [4.78, 5) is 11.7. The summed E-state index contributed by atoms with van der Waals surface area (Å²) in [6.45, 7) is 2.67. The lowest BCUT2D eigenvalue weighted by Gasteiger charge is -2.23. The smallest absolute Gasteiger partial charge is 0.315 e. The number of hydrogen-bond donors (Lipinski definition) is 3. The van der Waals surface area contributed by atoms with Gasteiger partial charge in [0.05, 0.1) is 0 Å². The number of hydrogen-bond acceptors (Lipinski definition) is 2. The van der Waals surface area contributed by atoms with Crippen molar-refractivity contribution in [3.8, 4) is 0 Å². The third-order valence-electron chi connectivity index (χ3n) is 3.22. The molecule has 19 heavy (non-hydrogen) atoms. The number of nitrogens with one attached hydrogen (secondary N) is 3. The molecule has 2 amide bonds. The maximum atomic E-state index is 11.7. The molecular formula is C14H22ClN3O. The normalized spacial score (nSPS) is 15.4. The van der Waals surface area contributed by atoms with Crippen molar-refractivity contribution in [2.75, 3.05) is 19.6 Å². The van der Waals surface area contributed by atoms with Crippen LogP contribution in [-0.4, -0.2) is 31.7 Å². The summed E-state index contributed by atoms with van der Waals surface area (Å²) >= 11 is 0. The standard InChI is InChI=1S/C14H21N3O.ClH/c18-14(17-13-7-9-15-10-8-13)16-11-6-12-4-2-1-3-5-12;/h1-5,13,15H,6-11H2,(H2,16,17,18);1H. The molecule has 0 aromatic heterocycles. The van der Waals surface area contributed by atoms with Crippen molar-refractivity contribution in [3.05, 3.63) is 35.9 Å². The van der Waals surface area contributed by atoms with E-state index in [1.165, 1.54) is 5.56 Å². The van der Waals surface area contributed by atoms with Gasteiger partial charge in [-0.1, -0.05) is 30.3 Å². The first-order chi connectivity index (χ1) is 8.84. The minimum atomic E-state index is -0.0437. The van der Waals surface area contributed by atoms with Crippen LogP contribution in [0.2, 0.25) is 0 Å². The van der Waals surface area contributed by atoms with Crippen LogP contribution < -0.4 is 16.0 Å². The van der Waals surface area contributed by atoms with E-state index in [0.29, 0.717) is 12.6 Å². The quantitative estimate of drug-likeness (QED) is 0.788. The SMILES string of the molecule is Cl.O=C(NCCc1ccccc1)NC1CCNCC1. The van der Waals surface area contributed by atoms with E-state index in [-0.39, 0.29) is 18.4 Å². The largest absolute Gasteiger partial charge is 0.338 e. The zero-order valence-electron chi connectivity index (χ0n) is 11.0. The number of piperidine rings is 1. The van der Waals surface area contributed by atoms with Crippen molar-refractivity contribution in [2.24, 2.45) is 0 Å². The fourth-order valence-electron chi connectivity index (χ4n) is 2.17. The first-order valence-electron chi connectivity index (χ1n) is 6.63. The average molecular weight is 284 g/mol. The van der Waals surface area contributed by atoms with E-state index in [2.05, 4.69) is 28.1 Å². The molecule has 1 aliphatic rings. The number of halogens is 1. The molecule has 2 rings (SSSR count). The zero-order valence-corrected chi connectivity index (χ0v) is 11.8. The molecule has 1 aromatic carbocycles. The maximum Gasteiger partial charge on any atom is 0.315 e. The van der Waals surface area contributed by atoms with E-state index < -0.39 is 0 Å². The zero-order chi connectivity index (χ0) is 12.6. The Morgan fingerprint density at radius 2 is 1.89 bits per heavy atom. The van der Waals surface area contributed by atoms with Crippen molar-refractivity contribution < 1.29 is 4.79 Å². The van der Waals surface area contributed by atoms with Crippen LogP contribution in [-0.2, 0) is 6.42 Å². The van der Waals surface area contributed by atoms with E-state index in [0.717, 1.165) is 32.4 Å². The number of benzene rings is 1. The van der Waals surface area contributed by atoms with Crippen molar-refractivity contribution in [1.82, 2.24) is 16.0 Å². The Morgan fingerprint density at radius 1 is 1.21 bits per heavy atom. The third-order valence-corrected chi connectivity index (χ3v) is 3.22. The molecule has 106 valence electrons. The minimum absolute atomic E-state index is 0. The number of carbonyl (C=O) groups excluding carboxylic acids is 1. The van der Waals surface area contributed by atoms with Crippen LogP contribution in [0.1, 0.15) is 18.4 Å². The van der Waals surface area contributed by atoms with Crippen LogP contribution >= 0.6 is 12.4 Å². The van der Waals surface area contributed by atoms with Crippen LogP contribution in [0, 0.1) is 0 Å². The van der Waals surface area contributed by atoms with Crippen molar-refractivity contribution in [1.29, 1.82) is 0 Å². The summed E-state index contributed by atoms with van der Waals surface area (Å²) in [5.74, 6) is 0. The topological polar surface area (TPSA) is 53.2 Å². The Bertz CT molecular complexity index is 366. The summed E-state index contributed by atoms with van der Waals surface area (Å²) in [7, 11) is 0. The minimum Gasteiger partial charge on any atom is -0.338 e. The number of rotatable bonds is 4. The lowest BCUT2D eigenvalue weighted by atomic mass is 10.1. The van der Waals surface area contributed by atoms with Gasteiger partial charge in [0.25, 0.3) is 0 Å². The highest BCUT2D eigenvalue weighted by Crippen LogP contribution is 2.01. The Kier molecular flexibility index (Phi) is 7.30. The van der Waals surface area contributed by atoms with Gasteiger partial charge in [-0.2, -0.15) is 0 Å². The van der Waals surface area contributed by atoms with Gasteiger partial charge in [0.2, 0.25) is 0 Å². The van der Waals surface area contributed by atoms with Gasteiger partial charge >= 0.3 is 6.03 Å². The Labute approximate surface area is 120 Å². The van der Waals surface area contributed by atoms with Crippen molar-refractivity contribution in [2.45, 2.75) is 25.3 Å². The van der Waals surface area contributed by atoms with Crippen molar-refractivity contribution >= 4 is 18.4 Å².